The van der Waals surface area contributed by atoms with E-state index in [1.807, 2.05) is 35.7 Å². The van der Waals surface area contributed by atoms with Gasteiger partial charge in [0.2, 0.25) is 0 Å². The van der Waals surface area contributed by atoms with Crippen LogP contribution in [0.2, 0.25) is 0 Å². The molecular weight excluding hydrogens is 294 g/mol. The second-order valence-corrected chi connectivity index (χ2v) is 6.40. The van der Waals surface area contributed by atoms with E-state index in [0.29, 0.717) is 6.10 Å². The SMILES string of the molecule is c1ccc(OC2CCCC2)c(Nc2ncnc3sccc23)c1. The maximum atomic E-state index is 6.17. The van der Waals surface area contributed by atoms with Crippen LogP contribution in [0, 0.1) is 0 Å². The van der Waals surface area contributed by atoms with Crippen molar-refractivity contribution in [1.29, 1.82) is 0 Å². The summed E-state index contributed by atoms with van der Waals surface area (Å²) in [7, 11) is 0. The van der Waals surface area contributed by atoms with Gasteiger partial charge in [-0.1, -0.05) is 12.1 Å². The third-order valence-corrected chi connectivity index (χ3v) is 4.82. The fraction of sp³-hybridized carbons (Fsp3) is 0.294. The fourth-order valence-electron chi connectivity index (χ4n) is 2.88. The molecule has 22 heavy (non-hydrogen) atoms. The summed E-state index contributed by atoms with van der Waals surface area (Å²) in [4.78, 5) is 9.65. The van der Waals surface area contributed by atoms with Gasteiger partial charge in [-0.2, -0.15) is 0 Å². The molecule has 1 saturated carbocycles. The van der Waals surface area contributed by atoms with Crippen molar-refractivity contribution < 1.29 is 4.74 Å². The van der Waals surface area contributed by atoms with E-state index in [1.54, 1.807) is 17.7 Å². The molecule has 0 amide bonds. The van der Waals surface area contributed by atoms with Crippen LogP contribution in [0.15, 0.2) is 42.0 Å². The first-order valence-electron chi connectivity index (χ1n) is 7.61. The Kier molecular flexibility index (Phi) is 3.64. The number of thiophene rings is 1. The van der Waals surface area contributed by atoms with Crippen LogP contribution in [-0.2, 0) is 0 Å². The summed E-state index contributed by atoms with van der Waals surface area (Å²) in [6.07, 6.45) is 6.77. The van der Waals surface area contributed by atoms with Crippen molar-refractivity contribution in [1.82, 2.24) is 9.97 Å². The molecule has 2 heterocycles. The summed E-state index contributed by atoms with van der Waals surface area (Å²) < 4.78 is 6.17. The number of nitrogens with one attached hydrogen (secondary N) is 1. The highest BCUT2D eigenvalue weighted by Gasteiger charge is 2.18. The number of anilines is 2. The zero-order valence-electron chi connectivity index (χ0n) is 12.2. The Morgan fingerprint density at radius 3 is 2.86 bits per heavy atom. The van der Waals surface area contributed by atoms with Crippen LogP contribution in [0.1, 0.15) is 25.7 Å². The molecule has 1 aliphatic rings. The molecule has 1 N–H and O–H groups in total. The smallest absolute Gasteiger partial charge is 0.143 e. The van der Waals surface area contributed by atoms with Gasteiger partial charge >= 0.3 is 0 Å². The van der Waals surface area contributed by atoms with Gasteiger partial charge in [0.15, 0.2) is 0 Å². The molecule has 0 radical (unpaired) electrons. The molecule has 112 valence electrons. The summed E-state index contributed by atoms with van der Waals surface area (Å²) in [6.45, 7) is 0. The minimum Gasteiger partial charge on any atom is -0.488 e. The number of benzene rings is 1. The third-order valence-electron chi connectivity index (χ3n) is 4.00. The fourth-order valence-corrected chi connectivity index (χ4v) is 3.61. The molecular formula is C17H17N3OS. The second-order valence-electron chi connectivity index (χ2n) is 5.51. The van der Waals surface area contributed by atoms with Gasteiger partial charge in [-0.15, -0.1) is 11.3 Å². The lowest BCUT2D eigenvalue weighted by atomic mass is 10.2. The van der Waals surface area contributed by atoms with Crippen LogP contribution < -0.4 is 10.1 Å². The highest BCUT2D eigenvalue weighted by atomic mass is 32.1. The summed E-state index contributed by atoms with van der Waals surface area (Å²) in [5, 5.41) is 6.48. The maximum Gasteiger partial charge on any atom is 0.143 e. The largest absolute Gasteiger partial charge is 0.488 e. The summed E-state index contributed by atoms with van der Waals surface area (Å²) >= 11 is 1.62. The van der Waals surface area contributed by atoms with Crippen molar-refractivity contribution in [2.45, 2.75) is 31.8 Å². The average molecular weight is 311 g/mol. The Morgan fingerprint density at radius 1 is 1.09 bits per heavy atom. The predicted octanol–water partition coefficient (Wildman–Crippen LogP) is 4.76. The first-order valence-corrected chi connectivity index (χ1v) is 8.49. The molecule has 1 aromatic carbocycles. The van der Waals surface area contributed by atoms with E-state index in [2.05, 4.69) is 15.3 Å². The number of aromatic nitrogens is 2. The van der Waals surface area contributed by atoms with E-state index in [4.69, 9.17) is 4.74 Å². The molecule has 2 aromatic heterocycles. The molecule has 0 saturated heterocycles. The number of fused-ring (bicyclic) bond motifs is 1. The van der Waals surface area contributed by atoms with E-state index in [9.17, 15) is 0 Å². The molecule has 4 nitrogen and oxygen atoms in total. The van der Waals surface area contributed by atoms with Gasteiger partial charge in [-0.05, 0) is 49.3 Å². The molecule has 3 aromatic rings. The van der Waals surface area contributed by atoms with E-state index in [0.717, 1.165) is 40.3 Å². The molecule has 0 bridgehead atoms. The van der Waals surface area contributed by atoms with Gasteiger partial charge in [0.25, 0.3) is 0 Å². The van der Waals surface area contributed by atoms with Gasteiger partial charge in [0.05, 0.1) is 17.2 Å². The Labute approximate surface area is 133 Å². The minimum absolute atomic E-state index is 0.342. The van der Waals surface area contributed by atoms with E-state index < -0.39 is 0 Å². The lowest BCUT2D eigenvalue weighted by molar-refractivity contribution is 0.211. The van der Waals surface area contributed by atoms with Gasteiger partial charge in [0.1, 0.15) is 22.7 Å². The van der Waals surface area contributed by atoms with Crippen LogP contribution >= 0.6 is 11.3 Å². The van der Waals surface area contributed by atoms with Crippen molar-refractivity contribution >= 4 is 33.1 Å². The van der Waals surface area contributed by atoms with E-state index >= 15 is 0 Å². The van der Waals surface area contributed by atoms with Crippen molar-refractivity contribution in [2.75, 3.05) is 5.32 Å². The highest BCUT2D eigenvalue weighted by molar-refractivity contribution is 7.16. The normalized spacial score (nSPS) is 15.3. The molecule has 0 aliphatic heterocycles. The number of para-hydroxylation sites is 2. The summed E-state index contributed by atoms with van der Waals surface area (Å²) in [5.74, 6) is 1.73. The average Bonchev–Trinajstić information content (AvgIpc) is 3.21. The zero-order chi connectivity index (χ0) is 14.8. The van der Waals surface area contributed by atoms with Crippen LogP contribution in [0.3, 0.4) is 0 Å². The van der Waals surface area contributed by atoms with E-state index in [1.165, 1.54) is 12.8 Å². The molecule has 4 rings (SSSR count). The quantitative estimate of drug-likeness (QED) is 0.755. The number of nitrogens with zero attached hydrogens (tertiary/aromatic N) is 2. The van der Waals surface area contributed by atoms with Gasteiger partial charge in [0, 0.05) is 0 Å². The summed E-state index contributed by atoms with van der Waals surface area (Å²) in [6, 6.07) is 10.1. The third kappa shape index (κ3) is 2.64. The second kappa shape index (κ2) is 5.93. The first-order chi connectivity index (χ1) is 10.9. The maximum absolute atomic E-state index is 6.17. The van der Waals surface area contributed by atoms with Crippen molar-refractivity contribution in [3.8, 4) is 5.75 Å². The van der Waals surface area contributed by atoms with Crippen molar-refractivity contribution in [3.05, 3.63) is 42.0 Å². The van der Waals surface area contributed by atoms with Crippen LogP contribution in [-0.4, -0.2) is 16.1 Å². The first kappa shape index (κ1) is 13.5. The highest BCUT2D eigenvalue weighted by Crippen LogP contribution is 2.33. The topological polar surface area (TPSA) is 47.0 Å². The predicted molar refractivity (Wildman–Crippen MR) is 90.0 cm³/mol. The van der Waals surface area contributed by atoms with Crippen molar-refractivity contribution in [2.24, 2.45) is 0 Å². The van der Waals surface area contributed by atoms with Crippen molar-refractivity contribution in [3.63, 3.8) is 0 Å². The monoisotopic (exact) mass is 311 g/mol. The standard InChI is InChI=1S/C17H17N3OS/c1-2-6-12(5-1)21-15-8-4-3-7-14(15)20-16-13-9-10-22-17(13)19-11-18-16/h3-4,7-12H,1-2,5-6H2,(H,18,19,20). The van der Waals surface area contributed by atoms with Gasteiger partial charge in [-0.25, -0.2) is 9.97 Å². The molecule has 1 fully saturated rings. The molecule has 5 heteroatoms. The Morgan fingerprint density at radius 2 is 1.95 bits per heavy atom. The zero-order valence-corrected chi connectivity index (χ0v) is 13.0. The Bertz CT molecular complexity index is 780. The van der Waals surface area contributed by atoms with Crippen LogP contribution in [0.4, 0.5) is 11.5 Å². The van der Waals surface area contributed by atoms with Gasteiger partial charge < -0.3 is 10.1 Å². The lowest BCUT2D eigenvalue weighted by Crippen LogP contribution is -2.12. The molecule has 1 aliphatic carbocycles. The Hall–Kier alpha value is -2.14. The molecule has 0 atom stereocenters. The molecule has 0 spiro atoms. The number of hydrogen-bond donors (Lipinski definition) is 1. The van der Waals surface area contributed by atoms with Gasteiger partial charge in [-0.3, -0.25) is 0 Å². The number of hydrogen-bond acceptors (Lipinski definition) is 5. The minimum atomic E-state index is 0.342. The summed E-state index contributed by atoms with van der Waals surface area (Å²) in [5.41, 5.74) is 0.959. The van der Waals surface area contributed by atoms with Crippen LogP contribution in [0.25, 0.3) is 10.2 Å². The number of rotatable bonds is 4. The van der Waals surface area contributed by atoms with Crippen LogP contribution in [0.5, 0.6) is 5.75 Å². The number of ether oxygens (including phenoxy) is 1. The van der Waals surface area contributed by atoms with E-state index in [-0.39, 0.29) is 0 Å². The Balaban J connectivity index is 1.63. The molecule has 0 unspecified atom stereocenters. The lowest BCUT2D eigenvalue weighted by Gasteiger charge is -2.17.